The first-order valence-electron chi connectivity index (χ1n) is 7.24. The molecule has 2 nitrogen and oxygen atoms in total. The van der Waals surface area contributed by atoms with Gasteiger partial charge in [0.2, 0.25) is 0 Å². The predicted molar refractivity (Wildman–Crippen MR) is 84.4 cm³/mol. The molecule has 2 unspecified atom stereocenters. The molecule has 1 N–H and O–H groups in total. The van der Waals surface area contributed by atoms with Gasteiger partial charge in [-0.2, -0.15) is 0 Å². The van der Waals surface area contributed by atoms with Gasteiger partial charge in [-0.15, -0.1) is 0 Å². The lowest BCUT2D eigenvalue weighted by Gasteiger charge is -2.52. The maximum absolute atomic E-state index is 13.8. The molecule has 118 valence electrons. The molecule has 21 heavy (non-hydrogen) atoms. The largest absolute Gasteiger partial charge is 0.379 e. The first-order valence-corrected chi connectivity index (χ1v) is 8.03. The molecule has 1 aliphatic carbocycles. The fourth-order valence-electron chi connectivity index (χ4n) is 2.54. The average Bonchev–Trinajstić information content (AvgIpc) is 2.38. The van der Waals surface area contributed by atoms with Crippen molar-refractivity contribution >= 4 is 21.6 Å². The molecule has 1 aliphatic rings. The summed E-state index contributed by atoms with van der Waals surface area (Å²) in [5, 5.41) is 3.17. The molecular weight excluding hydrogens is 340 g/mol. The summed E-state index contributed by atoms with van der Waals surface area (Å²) in [5.74, 6) is -0.666. The maximum Gasteiger partial charge on any atom is 0.149 e. The lowest BCUT2D eigenvalue weighted by molar-refractivity contribution is -0.108. The van der Waals surface area contributed by atoms with E-state index in [1.165, 1.54) is 6.07 Å². The number of benzene rings is 1. The second-order valence-corrected chi connectivity index (χ2v) is 7.57. The van der Waals surface area contributed by atoms with E-state index >= 15 is 0 Å². The van der Waals surface area contributed by atoms with Crippen LogP contribution in [0.15, 0.2) is 16.6 Å². The molecule has 0 amide bonds. The summed E-state index contributed by atoms with van der Waals surface area (Å²) in [5.41, 5.74) is 0.242. The Kier molecular flexibility index (Phi) is 4.93. The molecule has 1 aromatic carbocycles. The van der Waals surface area contributed by atoms with Crippen LogP contribution in [0.1, 0.15) is 34.1 Å². The Bertz CT molecular complexity index is 519. The average molecular weight is 362 g/mol. The molecule has 0 saturated heterocycles. The van der Waals surface area contributed by atoms with Crippen molar-refractivity contribution in [1.29, 1.82) is 0 Å². The summed E-state index contributed by atoms with van der Waals surface area (Å²) in [4.78, 5) is 0. The van der Waals surface area contributed by atoms with Gasteiger partial charge in [0, 0.05) is 24.1 Å². The van der Waals surface area contributed by atoms with Gasteiger partial charge in [-0.05, 0) is 34.3 Å². The van der Waals surface area contributed by atoms with Gasteiger partial charge < -0.3 is 10.1 Å². The number of ether oxygens (including phenoxy) is 1. The van der Waals surface area contributed by atoms with Crippen LogP contribution in [0.4, 0.5) is 14.5 Å². The summed E-state index contributed by atoms with van der Waals surface area (Å²) in [7, 11) is 0. The number of nitrogens with one attached hydrogen (secondary N) is 1. The van der Waals surface area contributed by atoms with E-state index in [9.17, 15) is 8.78 Å². The van der Waals surface area contributed by atoms with Gasteiger partial charge in [0.1, 0.15) is 11.6 Å². The third-order valence-electron chi connectivity index (χ3n) is 4.15. The molecule has 1 aromatic rings. The Balaban J connectivity index is 2.01. The highest BCUT2D eigenvalue weighted by atomic mass is 79.9. The Morgan fingerprint density at radius 1 is 1.33 bits per heavy atom. The van der Waals surface area contributed by atoms with Gasteiger partial charge in [-0.1, -0.05) is 27.7 Å². The standard InChI is InChI=1S/C16H22BrF2NO/c1-9(2)8-21-15-7-14(16(15,3)4)20-13-5-10(17)11(18)6-12(13)19/h5-6,9,14-15,20H,7-8H2,1-4H3. The van der Waals surface area contributed by atoms with E-state index in [-0.39, 0.29) is 22.0 Å². The molecular formula is C16H22BrF2NO. The van der Waals surface area contributed by atoms with Crippen molar-refractivity contribution < 1.29 is 13.5 Å². The number of halogens is 3. The van der Waals surface area contributed by atoms with E-state index in [1.807, 2.05) is 0 Å². The minimum absolute atomic E-state index is 0.0812. The zero-order chi connectivity index (χ0) is 15.8. The van der Waals surface area contributed by atoms with Crippen molar-refractivity contribution in [3.05, 3.63) is 28.2 Å². The fraction of sp³-hybridized carbons (Fsp3) is 0.625. The van der Waals surface area contributed by atoms with Gasteiger partial charge in [0.05, 0.1) is 16.3 Å². The quantitative estimate of drug-likeness (QED) is 0.746. The van der Waals surface area contributed by atoms with Crippen molar-refractivity contribution in [2.24, 2.45) is 11.3 Å². The summed E-state index contributed by atoms with van der Waals surface area (Å²) >= 11 is 3.08. The molecule has 2 atom stereocenters. The van der Waals surface area contributed by atoms with Crippen LogP contribution in [0.3, 0.4) is 0 Å². The highest BCUT2D eigenvalue weighted by Crippen LogP contribution is 2.45. The van der Waals surface area contributed by atoms with E-state index < -0.39 is 11.6 Å². The van der Waals surface area contributed by atoms with Crippen molar-refractivity contribution in [2.75, 3.05) is 11.9 Å². The van der Waals surface area contributed by atoms with E-state index in [4.69, 9.17) is 4.74 Å². The van der Waals surface area contributed by atoms with E-state index in [0.29, 0.717) is 11.6 Å². The topological polar surface area (TPSA) is 21.3 Å². The molecule has 0 radical (unpaired) electrons. The zero-order valence-corrected chi connectivity index (χ0v) is 14.4. The van der Waals surface area contributed by atoms with Crippen molar-refractivity contribution in [3.63, 3.8) is 0 Å². The Morgan fingerprint density at radius 2 is 2.00 bits per heavy atom. The molecule has 1 fully saturated rings. The summed E-state index contributed by atoms with van der Waals surface area (Å²) < 4.78 is 33.2. The van der Waals surface area contributed by atoms with Crippen LogP contribution in [0.25, 0.3) is 0 Å². The number of rotatable bonds is 5. The van der Waals surface area contributed by atoms with Crippen molar-refractivity contribution in [3.8, 4) is 0 Å². The van der Waals surface area contributed by atoms with Crippen LogP contribution in [0.5, 0.6) is 0 Å². The molecule has 0 aromatic heterocycles. The van der Waals surface area contributed by atoms with Gasteiger partial charge >= 0.3 is 0 Å². The van der Waals surface area contributed by atoms with Gasteiger partial charge in [0.15, 0.2) is 0 Å². The number of anilines is 1. The maximum atomic E-state index is 13.8. The molecule has 0 spiro atoms. The highest BCUT2D eigenvalue weighted by molar-refractivity contribution is 9.10. The van der Waals surface area contributed by atoms with Gasteiger partial charge in [-0.3, -0.25) is 0 Å². The third kappa shape index (κ3) is 3.57. The molecule has 2 rings (SSSR count). The first kappa shape index (κ1) is 16.7. The second kappa shape index (κ2) is 6.21. The van der Waals surface area contributed by atoms with Crippen molar-refractivity contribution in [1.82, 2.24) is 0 Å². The lowest BCUT2D eigenvalue weighted by atomic mass is 9.64. The van der Waals surface area contributed by atoms with Gasteiger partial charge in [0.25, 0.3) is 0 Å². The minimum atomic E-state index is -0.593. The Morgan fingerprint density at radius 3 is 2.57 bits per heavy atom. The smallest absolute Gasteiger partial charge is 0.149 e. The molecule has 0 aliphatic heterocycles. The van der Waals surface area contributed by atoms with Crippen LogP contribution in [0.2, 0.25) is 0 Å². The summed E-state index contributed by atoms with van der Waals surface area (Å²) in [6, 6.07) is 2.45. The molecule has 0 bridgehead atoms. The monoisotopic (exact) mass is 361 g/mol. The fourth-order valence-corrected chi connectivity index (χ4v) is 2.89. The van der Waals surface area contributed by atoms with Crippen LogP contribution in [-0.4, -0.2) is 18.8 Å². The Hall–Kier alpha value is -0.680. The van der Waals surface area contributed by atoms with E-state index in [1.54, 1.807) is 0 Å². The van der Waals surface area contributed by atoms with Crippen molar-refractivity contribution in [2.45, 2.75) is 46.3 Å². The predicted octanol–water partition coefficient (Wildman–Crippen LogP) is 4.98. The van der Waals surface area contributed by atoms with E-state index in [0.717, 1.165) is 19.1 Å². The summed E-state index contributed by atoms with van der Waals surface area (Å²) in [6.45, 7) is 9.18. The number of hydrogen-bond acceptors (Lipinski definition) is 2. The SMILES string of the molecule is CC(C)COC1CC(Nc2cc(Br)c(F)cc2F)C1(C)C. The summed E-state index contributed by atoms with van der Waals surface area (Å²) in [6.07, 6.45) is 0.998. The van der Waals surface area contributed by atoms with Gasteiger partial charge in [-0.25, -0.2) is 8.78 Å². The third-order valence-corrected chi connectivity index (χ3v) is 4.76. The molecule has 1 saturated carbocycles. The second-order valence-electron chi connectivity index (χ2n) is 6.72. The first-order chi connectivity index (χ1) is 9.71. The van der Waals surface area contributed by atoms with Crippen LogP contribution < -0.4 is 5.32 Å². The number of hydrogen-bond donors (Lipinski definition) is 1. The van der Waals surface area contributed by atoms with E-state index in [2.05, 4.69) is 48.9 Å². The Labute approximate surface area is 133 Å². The zero-order valence-electron chi connectivity index (χ0n) is 12.8. The molecule has 5 heteroatoms. The minimum Gasteiger partial charge on any atom is -0.379 e. The van der Waals surface area contributed by atoms with Crippen LogP contribution in [-0.2, 0) is 4.74 Å². The highest BCUT2D eigenvalue weighted by Gasteiger charge is 2.49. The lowest BCUT2D eigenvalue weighted by Crippen LogP contribution is -2.58. The van der Waals surface area contributed by atoms with Crippen LogP contribution in [0, 0.1) is 23.0 Å². The molecule has 0 heterocycles. The van der Waals surface area contributed by atoms with Crippen LogP contribution >= 0.6 is 15.9 Å². The normalized spacial score (nSPS) is 24.0.